The van der Waals surface area contributed by atoms with Crippen molar-refractivity contribution in [1.29, 1.82) is 5.26 Å². The second kappa shape index (κ2) is 12.2. The average molecular weight is 426 g/mol. The fraction of sp³-hybridized carbons (Fsp3) is 0.414. The van der Waals surface area contributed by atoms with Crippen molar-refractivity contribution in [3.8, 4) is 17.2 Å². The lowest BCUT2D eigenvalue weighted by atomic mass is 9.86. The molecule has 0 aliphatic rings. The Hall–Kier alpha value is -2.99. The van der Waals surface area contributed by atoms with Gasteiger partial charge >= 0.3 is 0 Å². The third-order valence-electron chi connectivity index (χ3n) is 6.24. The van der Waals surface area contributed by atoms with Crippen molar-refractivity contribution in [2.24, 2.45) is 0 Å². The van der Waals surface area contributed by atoms with E-state index in [1.807, 2.05) is 24.5 Å². The van der Waals surface area contributed by atoms with E-state index in [1.165, 1.54) is 43.2 Å². The fourth-order valence-corrected chi connectivity index (χ4v) is 4.18. The lowest BCUT2D eigenvalue weighted by Gasteiger charge is -2.17. The van der Waals surface area contributed by atoms with Gasteiger partial charge in [0.05, 0.1) is 5.56 Å². The van der Waals surface area contributed by atoms with Crippen molar-refractivity contribution in [3.63, 3.8) is 0 Å². The van der Waals surface area contributed by atoms with Crippen molar-refractivity contribution in [2.75, 3.05) is 0 Å². The Morgan fingerprint density at radius 2 is 1.50 bits per heavy atom. The van der Waals surface area contributed by atoms with Gasteiger partial charge in [0, 0.05) is 35.9 Å². The van der Waals surface area contributed by atoms with Gasteiger partial charge in [0.15, 0.2) is 0 Å². The summed E-state index contributed by atoms with van der Waals surface area (Å²) in [5.74, 6) is 1.02. The highest BCUT2D eigenvalue weighted by Crippen LogP contribution is 2.32. The first kappa shape index (κ1) is 23.7. The Bertz CT molecular complexity index is 1010. The van der Waals surface area contributed by atoms with Crippen LogP contribution in [0.4, 0.5) is 0 Å². The summed E-state index contributed by atoms with van der Waals surface area (Å²) < 4.78 is 0. The molecule has 2 aromatic carbocycles. The number of aryl methyl sites for hydroxylation is 2. The van der Waals surface area contributed by atoms with Crippen LogP contribution in [0.3, 0.4) is 0 Å². The summed E-state index contributed by atoms with van der Waals surface area (Å²) in [6.07, 6.45) is 13.0. The van der Waals surface area contributed by atoms with Gasteiger partial charge in [0.2, 0.25) is 0 Å². The van der Waals surface area contributed by atoms with Gasteiger partial charge in [-0.3, -0.25) is 0 Å². The molecule has 0 N–H and O–H groups in total. The van der Waals surface area contributed by atoms with Gasteiger partial charge in [-0.05, 0) is 36.0 Å². The predicted octanol–water partition coefficient (Wildman–Crippen LogP) is 7.63. The lowest BCUT2D eigenvalue weighted by molar-refractivity contribution is 0.693. The SMILES string of the molecule is CCCCCc1ccc(C(C)c2cccc(-c3cnc(CCCCC)nc3)c2C#N)cc1. The van der Waals surface area contributed by atoms with Gasteiger partial charge in [-0.2, -0.15) is 5.26 Å². The molecule has 0 saturated heterocycles. The van der Waals surface area contributed by atoms with E-state index in [2.05, 4.69) is 67.1 Å². The molecule has 0 amide bonds. The molecule has 1 unspecified atom stereocenters. The summed E-state index contributed by atoms with van der Waals surface area (Å²) in [4.78, 5) is 9.11. The predicted molar refractivity (Wildman–Crippen MR) is 133 cm³/mol. The summed E-state index contributed by atoms with van der Waals surface area (Å²) in [5.41, 5.74) is 6.21. The fourth-order valence-electron chi connectivity index (χ4n) is 4.18. The van der Waals surface area contributed by atoms with E-state index >= 15 is 0 Å². The topological polar surface area (TPSA) is 49.6 Å². The monoisotopic (exact) mass is 425 g/mol. The van der Waals surface area contributed by atoms with Crippen molar-refractivity contribution >= 4 is 0 Å². The zero-order chi connectivity index (χ0) is 22.8. The molecule has 166 valence electrons. The largest absolute Gasteiger partial charge is 0.241 e. The van der Waals surface area contributed by atoms with Crippen LogP contribution < -0.4 is 0 Å². The van der Waals surface area contributed by atoms with Gasteiger partial charge in [0.1, 0.15) is 11.9 Å². The van der Waals surface area contributed by atoms with Crippen LogP contribution in [-0.2, 0) is 12.8 Å². The number of unbranched alkanes of at least 4 members (excludes halogenated alkanes) is 4. The molecule has 1 atom stereocenters. The second-order valence-corrected chi connectivity index (χ2v) is 8.65. The Labute approximate surface area is 193 Å². The third kappa shape index (κ3) is 6.04. The zero-order valence-electron chi connectivity index (χ0n) is 19.8. The maximum Gasteiger partial charge on any atom is 0.128 e. The molecule has 0 fully saturated rings. The highest BCUT2D eigenvalue weighted by Gasteiger charge is 2.17. The maximum absolute atomic E-state index is 10.0. The molecule has 0 bridgehead atoms. The lowest BCUT2D eigenvalue weighted by Crippen LogP contribution is -2.02. The van der Waals surface area contributed by atoms with Gasteiger partial charge in [-0.25, -0.2) is 9.97 Å². The molecule has 0 spiro atoms. The summed E-state index contributed by atoms with van der Waals surface area (Å²) >= 11 is 0. The van der Waals surface area contributed by atoms with E-state index in [0.717, 1.165) is 41.8 Å². The number of nitriles is 1. The highest BCUT2D eigenvalue weighted by atomic mass is 14.9. The average Bonchev–Trinajstić information content (AvgIpc) is 2.84. The molecule has 0 aliphatic heterocycles. The van der Waals surface area contributed by atoms with Crippen LogP contribution in [0.2, 0.25) is 0 Å². The summed E-state index contributed by atoms with van der Waals surface area (Å²) in [7, 11) is 0. The van der Waals surface area contributed by atoms with Crippen LogP contribution in [0.25, 0.3) is 11.1 Å². The van der Waals surface area contributed by atoms with Crippen molar-refractivity contribution in [2.45, 2.75) is 78.1 Å². The second-order valence-electron chi connectivity index (χ2n) is 8.65. The number of hydrogen-bond donors (Lipinski definition) is 0. The Morgan fingerprint density at radius 1 is 0.844 bits per heavy atom. The van der Waals surface area contributed by atoms with Crippen LogP contribution in [0.1, 0.15) is 93.3 Å². The van der Waals surface area contributed by atoms with Crippen LogP contribution >= 0.6 is 0 Å². The minimum atomic E-state index is 0.142. The standard InChI is InChI=1S/C29H35N3/c1-4-6-8-11-23-15-17-24(18-16-23)22(3)26-12-10-13-27(28(26)19-30)25-20-31-29(32-21-25)14-9-7-5-2/h10,12-13,15-18,20-22H,4-9,11,14H2,1-3H3. The normalized spacial score (nSPS) is 11.8. The summed E-state index contributed by atoms with van der Waals surface area (Å²) in [6.45, 7) is 6.61. The molecule has 0 aliphatic carbocycles. The zero-order valence-corrected chi connectivity index (χ0v) is 19.8. The first-order valence-electron chi connectivity index (χ1n) is 12.1. The van der Waals surface area contributed by atoms with Crippen LogP contribution in [-0.4, -0.2) is 9.97 Å². The van der Waals surface area contributed by atoms with E-state index in [1.54, 1.807) is 0 Å². The Balaban J connectivity index is 1.81. The van der Waals surface area contributed by atoms with Gasteiger partial charge in [0.25, 0.3) is 0 Å². The van der Waals surface area contributed by atoms with E-state index in [9.17, 15) is 5.26 Å². The molecule has 3 aromatic rings. The number of benzene rings is 2. The molecule has 32 heavy (non-hydrogen) atoms. The number of hydrogen-bond acceptors (Lipinski definition) is 3. The smallest absolute Gasteiger partial charge is 0.128 e. The van der Waals surface area contributed by atoms with Gasteiger partial charge in [-0.15, -0.1) is 0 Å². The van der Waals surface area contributed by atoms with Crippen molar-refractivity contribution in [1.82, 2.24) is 9.97 Å². The Morgan fingerprint density at radius 3 is 2.12 bits per heavy atom. The third-order valence-corrected chi connectivity index (χ3v) is 6.24. The minimum Gasteiger partial charge on any atom is -0.241 e. The molecular weight excluding hydrogens is 390 g/mol. The van der Waals surface area contributed by atoms with Crippen molar-refractivity contribution in [3.05, 3.63) is 82.9 Å². The number of rotatable bonds is 11. The molecule has 3 heteroatoms. The highest BCUT2D eigenvalue weighted by molar-refractivity contribution is 5.71. The van der Waals surface area contributed by atoms with Crippen molar-refractivity contribution < 1.29 is 0 Å². The number of nitrogens with zero attached hydrogens (tertiary/aromatic N) is 3. The molecule has 1 aromatic heterocycles. The molecule has 0 radical (unpaired) electrons. The molecule has 1 heterocycles. The maximum atomic E-state index is 10.0. The van der Waals surface area contributed by atoms with E-state index in [0.29, 0.717) is 5.56 Å². The summed E-state index contributed by atoms with van der Waals surface area (Å²) in [6, 6.07) is 17.5. The molecular formula is C29H35N3. The van der Waals surface area contributed by atoms with Gasteiger partial charge in [-0.1, -0.05) is 88.9 Å². The first-order valence-corrected chi connectivity index (χ1v) is 12.1. The van der Waals surface area contributed by atoms with Gasteiger partial charge < -0.3 is 0 Å². The Kier molecular flexibility index (Phi) is 8.99. The molecule has 3 nitrogen and oxygen atoms in total. The van der Waals surface area contributed by atoms with E-state index < -0.39 is 0 Å². The molecule has 0 saturated carbocycles. The number of aromatic nitrogens is 2. The van der Waals surface area contributed by atoms with E-state index in [-0.39, 0.29) is 5.92 Å². The summed E-state index contributed by atoms with van der Waals surface area (Å²) in [5, 5.41) is 10.0. The van der Waals surface area contributed by atoms with Crippen LogP contribution in [0, 0.1) is 11.3 Å². The quantitative estimate of drug-likeness (QED) is 0.297. The minimum absolute atomic E-state index is 0.142. The molecule has 3 rings (SSSR count). The van der Waals surface area contributed by atoms with Crippen LogP contribution in [0.5, 0.6) is 0 Å². The van der Waals surface area contributed by atoms with E-state index in [4.69, 9.17) is 0 Å². The van der Waals surface area contributed by atoms with Crippen LogP contribution in [0.15, 0.2) is 54.9 Å². The first-order chi connectivity index (χ1) is 15.7.